The van der Waals surface area contributed by atoms with E-state index in [1.54, 1.807) is 19.9 Å². The van der Waals surface area contributed by atoms with Crippen molar-refractivity contribution in [1.29, 1.82) is 0 Å². The lowest BCUT2D eigenvalue weighted by Gasteiger charge is -2.12. The van der Waals surface area contributed by atoms with E-state index in [0.717, 1.165) is 5.69 Å². The van der Waals surface area contributed by atoms with Crippen molar-refractivity contribution in [3.05, 3.63) is 17.5 Å². The fourth-order valence-corrected chi connectivity index (χ4v) is 1.40. The molecule has 0 aliphatic carbocycles. The van der Waals surface area contributed by atoms with Gasteiger partial charge in [-0.05, 0) is 13.3 Å². The molecule has 0 radical (unpaired) electrons. The molecule has 7 nitrogen and oxygen atoms in total. The predicted molar refractivity (Wildman–Crippen MR) is 60.3 cm³/mol. The summed E-state index contributed by atoms with van der Waals surface area (Å²) in [4.78, 5) is 11.7. The highest BCUT2D eigenvalue weighted by atomic mass is 16.5. The Balaban J connectivity index is 2.54. The van der Waals surface area contributed by atoms with Gasteiger partial charge >= 0.3 is 0 Å². The number of amidine groups is 1. The van der Waals surface area contributed by atoms with Crippen molar-refractivity contribution in [2.24, 2.45) is 16.8 Å². The van der Waals surface area contributed by atoms with E-state index in [-0.39, 0.29) is 18.3 Å². The van der Waals surface area contributed by atoms with Crippen molar-refractivity contribution in [3.63, 3.8) is 0 Å². The molecule has 7 heteroatoms. The maximum atomic E-state index is 11.7. The minimum absolute atomic E-state index is 0.0984. The van der Waals surface area contributed by atoms with E-state index in [1.165, 1.54) is 0 Å². The normalized spacial score (nSPS) is 13.4. The van der Waals surface area contributed by atoms with Crippen LogP contribution in [0.1, 0.15) is 24.8 Å². The quantitative estimate of drug-likeness (QED) is 0.298. The zero-order chi connectivity index (χ0) is 12.8. The van der Waals surface area contributed by atoms with E-state index in [2.05, 4.69) is 15.6 Å². The second kappa shape index (κ2) is 5.88. The van der Waals surface area contributed by atoms with Gasteiger partial charge in [0.2, 0.25) is 5.91 Å². The van der Waals surface area contributed by atoms with Gasteiger partial charge in [0.05, 0.1) is 18.2 Å². The number of hydrogen-bond donors (Lipinski definition) is 3. The average molecular weight is 240 g/mol. The van der Waals surface area contributed by atoms with Crippen molar-refractivity contribution in [2.45, 2.75) is 26.8 Å². The van der Waals surface area contributed by atoms with Gasteiger partial charge in [-0.15, -0.1) is 0 Å². The first kappa shape index (κ1) is 13.0. The second-order valence-electron chi connectivity index (χ2n) is 3.64. The largest absolute Gasteiger partial charge is 0.409 e. The standard InChI is InChI=1S/C10H16N4O3/c1-3-8(9(11)13-16)10(15)12-5-7-4-6(2)14-17-7/h4,8,16H,3,5H2,1-2H3,(H2,11,13)(H,12,15). The molecular weight excluding hydrogens is 224 g/mol. The third-order valence-electron chi connectivity index (χ3n) is 2.31. The van der Waals surface area contributed by atoms with Gasteiger partial charge in [-0.25, -0.2) is 0 Å². The Kier molecular flexibility index (Phi) is 4.50. The molecule has 1 atom stereocenters. The molecule has 1 amide bonds. The number of carbonyl (C=O) groups excluding carboxylic acids is 1. The molecule has 0 aromatic carbocycles. The third kappa shape index (κ3) is 3.47. The summed E-state index contributed by atoms with van der Waals surface area (Å²) in [5, 5.41) is 17.7. The van der Waals surface area contributed by atoms with Crippen LogP contribution in [0.3, 0.4) is 0 Å². The third-order valence-corrected chi connectivity index (χ3v) is 2.31. The van der Waals surface area contributed by atoms with Gasteiger partial charge in [0, 0.05) is 6.07 Å². The van der Waals surface area contributed by atoms with Crippen molar-refractivity contribution in [1.82, 2.24) is 10.5 Å². The summed E-state index contributed by atoms with van der Waals surface area (Å²) in [6, 6.07) is 1.73. The first-order chi connectivity index (χ1) is 8.08. The van der Waals surface area contributed by atoms with Crippen molar-refractivity contribution in [3.8, 4) is 0 Å². The number of amides is 1. The molecule has 0 aliphatic heterocycles. The highest BCUT2D eigenvalue weighted by Crippen LogP contribution is 2.05. The summed E-state index contributed by atoms with van der Waals surface area (Å²) in [6.45, 7) is 3.80. The number of rotatable bonds is 5. The molecule has 4 N–H and O–H groups in total. The summed E-state index contributed by atoms with van der Waals surface area (Å²) < 4.78 is 4.94. The average Bonchev–Trinajstić information content (AvgIpc) is 2.73. The van der Waals surface area contributed by atoms with E-state index in [9.17, 15) is 4.79 Å². The van der Waals surface area contributed by atoms with Gasteiger partial charge in [-0.2, -0.15) is 0 Å². The monoisotopic (exact) mass is 240 g/mol. The fourth-order valence-electron chi connectivity index (χ4n) is 1.40. The Morgan fingerprint density at radius 1 is 1.76 bits per heavy atom. The minimum Gasteiger partial charge on any atom is -0.409 e. The number of aromatic nitrogens is 1. The lowest BCUT2D eigenvalue weighted by molar-refractivity contribution is -0.123. The number of aryl methyl sites for hydroxylation is 1. The molecule has 0 fully saturated rings. The van der Waals surface area contributed by atoms with Gasteiger partial charge in [0.15, 0.2) is 11.6 Å². The Labute approximate surface area is 98.6 Å². The van der Waals surface area contributed by atoms with Crippen molar-refractivity contribution >= 4 is 11.7 Å². The summed E-state index contributed by atoms with van der Waals surface area (Å²) in [7, 11) is 0. The molecule has 1 aromatic heterocycles. The molecule has 94 valence electrons. The Bertz CT molecular complexity index is 413. The van der Waals surface area contributed by atoms with E-state index in [4.69, 9.17) is 15.5 Å². The van der Waals surface area contributed by atoms with Gasteiger partial charge in [-0.1, -0.05) is 17.2 Å². The van der Waals surface area contributed by atoms with Gasteiger partial charge in [0.25, 0.3) is 0 Å². The number of oxime groups is 1. The molecule has 0 spiro atoms. The lowest BCUT2D eigenvalue weighted by atomic mass is 10.0. The van der Waals surface area contributed by atoms with Crippen LogP contribution < -0.4 is 11.1 Å². The van der Waals surface area contributed by atoms with E-state index in [1.807, 2.05) is 0 Å². The fraction of sp³-hybridized carbons (Fsp3) is 0.500. The second-order valence-corrected chi connectivity index (χ2v) is 3.64. The van der Waals surface area contributed by atoms with Crippen LogP contribution in [0.4, 0.5) is 0 Å². The summed E-state index contributed by atoms with van der Waals surface area (Å²) >= 11 is 0. The summed E-state index contributed by atoms with van der Waals surface area (Å²) in [5.41, 5.74) is 6.15. The molecule has 1 unspecified atom stereocenters. The Morgan fingerprint density at radius 2 is 2.47 bits per heavy atom. The smallest absolute Gasteiger partial charge is 0.231 e. The molecule has 1 heterocycles. The summed E-state index contributed by atoms with van der Waals surface area (Å²) in [6.07, 6.45) is 0.456. The Morgan fingerprint density at radius 3 is 2.94 bits per heavy atom. The number of nitrogens with one attached hydrogen (secondary N) is 1. The van der Waals surface area contributed by atoms with Crippen LogP contribution in [-0.2, 0) is 11.3 Å². The summed E-state index contributed by atoms with van der Waals surface area (Å²) in [5.74, 6) is -0.482. The molecule has 0 aliphatic rings. The first-order valence-corrected chi connectivity index (χ1v) is 5.25. The number of nitrogens with zero attached hydrogens (tertiary/aromatic N) is 2. The van der Waals surface area contributed by atoms with Gasteiger partial charge in [-0.3, -0.25) is 4.79 Å². The molecule has 0 bridgehead atoms. The van der Waals surface area contributed by atoms with Crippen LogP contribution in [0.2, 0.25) is 0 Å². The van der Waals surface area contributed by atoms with E-state index >= 15 is 0 Å². The van der Waals surface area contributed by atoms with E-state index in [0.29, 0.717) is 12.2 Å². The predicted octanol–water partition coefficient (Wildman–Crippen LogP) is 0.372. The van der Waals surface area contributed by atoms with Crippen LogP contribution >= 0.6 is 0 Å². The Hall–Kier alpha value is -2.05. The molecule has 1 rings (SSSR count). The highest BCUT2D eigenvalue weighted by Gasteiger charge is 2.21. The molecule has 17 heavy (non-hydrogen) atoms. The van der Waals surface area contributed by atoms with Crippen molar-refractivity contribution < 1.29 is 14.5 Å². The zero-order valence-electron chi connectivity index (χ0n) is 9.80. The van der Waals surface area contributed by atoms with Crippen LogP contribution in [-0.4, -0.2) is 22.1 Å². The maximum Gasteiger partial charge on any atom is 0.231 e. The SMILES string of the molecule is CCC(C(=O)NCc1cc(C)no1)C(N)=NO. The first-order valence-electron chi connectivity index (χ1n) is 5.25. The number of hydrogen-bond acceptors (Lipinski definition) is 5. The van der Waals surface area contributed by atoms with Gasteiger partial charge in [0.1, 0.15) is 0 Å². The zero-order valence-corrected chi connectivity index (χ0v) is 9.80. The molecular formula is C10H16N4O3. The van der Waals surface area contributed by atoms with E-state index < -0.39 is 5.92 Å². The van der Waals surface area contributed by atoms with Crippen LogP contribution in [0.15, 0.2) is 15.7 Å². The van der Waals surface area contributed by atoms with Crippen LogP contribution in [0.25, 0.3) is 0 Å². The maximum absolute atomic E-state index is 11.7. The van der Waals surface area contributed by atoms with Crippen LogP contribution in [0.5, 0.6) is 0 Å². The molecule has 0 saturated heterocycles. The lowest BCUT2D eigenvalue weighted by Crippen LogP contribution is -2.38. The highest BCUT2D eigenvalue weighted by molar-refractivity contribution is 6.01. The molecule has 0 saturated carbocycles. The topological polar surface area (TPSA) is 114 Å². The van der Waals surface area contributed by atoms with Gasteiger partial charge < -0.3 is 20.8 Å². The number of carbonyl (C=O) groups is 1. The van der Waals surface area contributed by atoms with Crippen molar-refractivity contribution in [2.75, 3.05) is 0 Å². The van der Waals surface area contributed by atoms with Crippen LogP contribution in [0, 0.1) is 12.8 Å². The number of nitrogens with two attached hydrogens (primary N) is 1. The minimum atomic E-state index is -0.635. The molecule has 1 aromatic rings.